The minimum Gasteiger partial charge on any atom is -0.497 e. The summed E-state index contributed by atoms with van der Waals surface area (Å²) in [4.78, 5) is 11.9. The molecule has 2 aromatic carbocycles. The van der Waals surface area contributed by atoms with Gasteiger partial charge in [0.25, 0.3) is 0 Å². The molecule has 0 spiro atoms. The predicted octanol–water partition coefficient (Wildman–Crippen LogP) is 3.68. The monoisotopic (exact) mass is 278 g/mol. The first-order valence-corrected chi connectivity index (χ1v) is 6.61. The van der Waals surface area contributed by atoms with E-state index in [0.29, 0.717) is 11.3 Å². The number of methoxy groups -OCH3 is 1. The molecule has 0 radical (unpaired) electrons. The molecule has 21 heavy (non-hydrogen) atoms. The lowest BCUT2D eigenvalue weighted by atomic mass is 10.1. The Labute approximate surface area is 123 Å². The van der Waals surface area contributed by atoms with Crippen molar-refractivity contribution in [2.24, 2.45) is 0 Å². The highest BCUT2D eigenvalue weighted by Gasteiger charge is 2.22. The molecule has 1 heterocycles. The van der Waals surface area contributed by atoms with Crippen molar-refractivity contribution in [3.05, 3.63) is 77.6 Å². The minimum atomic E-state index is -0.319. The zero-order valence-corrected chi connectivity index (χ0v) is 11.6. The van der Waals surface area contributed by atoms with Crippen molar-refractivity contribution in [3.63, 3.8) is 0 Å². The van der Waals surface area contributed by atoms with Crippen LogP contribution in [0.4, 0.5) is 0 Å². The number of allylic oxidation sites excluding steroid dienone is 1. The maximum atomic E-state index is 11.9. The van der Waals surface area contributed by atoms with Crippen molar-refractivity contribution >= 4 is 17.6 Å². The summed E-state index contributed by atoms with van der Waals surface area (Å²) in [6, 6.07) is 17.0. The maximum Gasteiger partial charge on any atom is 0.344 e. The van der Waals surface area contributed by atoms with Crippen LogP contribution in [0.3, 0.4) is 0 Å². The second-order valence-electron chi connectivity index (χ2n) is 4.63. The molecule has 3 heteroatoms. The van der Waals surface area contributed by atoms with E-state index in [-0.39, 0.29) is 5.97 Å². The molecule has 0 aromatic heterocycles. The van der Waals surface area contributed by atoms with Gasteiger partial charge in [0.15, 0.2) is 0 Å². The van der Waals surface area contributed by atoms with Crippen molar-refractivity contribution in [3.8, 4) is 5.75 Å². The van der Waals surface area contributed by atoms with Gasteiger partial charge in [0, 0.05) is 0 Å². The lowest BCUT2D eigenvalue weighted by Gasteiger charge is -2.00. The van der Waals surface area contributed by atoms with Crippen LogP contribution in [0.2, 0.25) is 0 Å². The van der Waals surface area contributed by atoms with E-state index in [9.17, 15) is 4.79 Å². The molecule has 104 valence electrons. The molecular weight excluding hydrogens is 264 g/mol. The SMILES string of the molecule is COc1ccc(/C=C2/C=C(c3ccccc3)C(=O)O2)cc1. The van der Waals surface area contributed by atoms with E-state index in [1.165, 1.54) is 0 Å². The third kappa shape index (κ3) is 2.87. The summed E-state index contributed by atoms with van der Waals surface area (Å²) in [5, 5.41) is 0. The number of hydrogen-bond donors (Lipinski definition) is 0. The molecule has 0 amide bonds. The highest BCUT2D eigenvalue weighted by molar-refractivity contribution is 6.19. The van der Waals surface area contributed by atoms with Crippen molar-refractivity contribution < 1.29 is 14.3 Å². The van der Waals surface area contributed by atoms with Crippen LogP contribution in [0.25, 0.3) is 11.6 Å². The average Bonchev–Trinajstić information content (AvgIpc) is 2.89. The second-order valence-corrected chi connectivity index (χ2v) is 4.63. The molecule has 3 nitrogen and oxygen atoms in total. The summed E-state index contributed by atoms with van der Waals surface area (Å²) in [6.07, 6.45) is 3.59. The highest BCUT2D eigenvalue weighted by Crippen LogP contribution is 2.27. The number of benzene rings is 2. The molecule has 3 rings (SSSR count). The smallest absolute Gasteiger partial charge is 0.344 e. The van der Waals surface area contributed by atoms with Gasteiger partial charge in [-0.15, -0.1) is 0 Å². The van der Waals surface area contributed by atoms with Gasteiger partial charge >= 0.3 is 5.97 Å². The summed E-state index contributed by atoms with van der Waals surface area (Å²) >= 11 is 0. The molecular formula is C18H14O3. The van der Waals surface area contributed by atoms with E-state index in [0.717, 1.165) is 16.9 Å². The van der Waals surface area contributed by atoms with Crippen molar-refractivity contribution in [2.75, 3.05) is 7.11 Å². The Morgan fingerprint density at radius 1 is 1.00 bits per heavy atom. The first kappa shape index (κ1) is 13.2. The Kier molecular flexibility index (Phi) is 3.56. The molecule has 0 N–H and O–H groups in total. The van der Waals surface area contributed by atoms with Gasteiger partial charge in [-0.05, 0) is 35.4 Å². The third-order valence-corrected chi connectivity index (χ3v) is 3.23. The van der Waals surface area contributed by atoms with Gasteiger partial charge in [0.2, 0.25) is 0 Å². The molecule has 0 saturated heterocycles. The van der Waals surface area contributed by atoms with Crippen LogP contribution in [-0.2, 0) is 9.53 Å². The zero-order valence-electron chi connectivity index (χ0n) is 11.6. The van der Waals surface area contributed by atoms with Gasteiger partial charge in [-0.2, -0.15) is 0 Å². The quantitative estimate of drug-likeness (QED) is 0.803. The fourth-order valence-electron chi connectivity index (χ4n) is 2.15. The van der Waals surface area contributed by atoms with Gasteiger partial charge < -0.3 is 9.47 Å². The van der Waals surface area contributed by atoms with Crippen molar-refractivity contribution in [1.29, 1.82) is 0 Å². The largest absolute Gasteiger partial charge is 0.497 e. The van der Waals surface area contributed by atoms with E-state index >= 15 is 0 Å². The summed E-state index contributed by atoms with van der Waals surface area (Å²) < 4.78 is 10.4. The van der Waals surface area contributed by atoms with Crippen LogP contribution in [-0.4, -0.2) is 13.1 Å². The predicted molar refractivity (Wildman–Crippen MR) is 81.5 cm³/mol. The molecule has 1 aliphatic heterocycles. The fourth-order valence-corrected chi connectivity index (χ4v) is 2.15. The van der Waals surface area contributed by atoms with Gasteiger partial charge in [-0.1, -0.05) is 42.5 Å². The zero-order chi connectivity index (χ0) is 14.7. The van der Waals surface area contributed by atoms with E-state index < -0.39 is 0 Å². The molecule has 0 bridgehead atoms. The lowest BCUT2D eigenvalue weighted by Crippen LogP contribution is -1.97. The number of esters is 1. The van der Waals surface area contributed by atoms with Crippen LogP contribution in [0.15, 0.2) is 66.4 Å². The number of carbonyl (C=O) groups excluding carboxylic acids is 1. The first-order valence-electron chi connectivity index (χ1n) is 6.61. The molecule has 0 fully saturated rings. The summed E-state index contributed by atoms with van der Waals surface area (Å²) in [5.41, 5.74) is 2.39. The number of carbonyl (C=O) groups is 1. The van der Waals surface area contributed by atoms with Crippen LogP contribution in [0.1, 0.15) is 11.1 Å². The Morgan fingerprint density at radius 3 is 2.38 bits per heavy atom. The number of hydrogen-bond acceptors (Lipinski definition) is 3. The normalized spacial score (nSPS) is 15.8. The van der Waals surface area contributed by atoms with E-state index in [2.05, 4.69) is 0 Å². The summed E-state index contributed by atoms with van der Waals surface area (Å²) in [5.74, 6) is 1.02. The van der Waals surface area contributed by atoms with Gasteiger partial charge in [0.1, 0.15) is 11.5 Å². The van der Waals surface area contributed by atoms with Crippen LogP contribution >= 0.6 is 0 Å². The average molecular weight is 278 g/mol. The van der Waals surface area contributed by atoms with Crippen LogP contribution < -0.4 is 4.74 Å². The molecule has 0 unspecified atom stereocenters. The van der Waals surface area contributed by atoms with Gasteiger partial charge in [-0.25, -0.2) is 4.79 Å². The van der Waals surface area contributed by atoms with Crippen molar-refractivity contribution in [2.45, 2.75) is 0 Å². The van der Waals surface area contributed by atoms with Gasteiger partial charge in [-0.3, -0.25) is 0 Å². The standard InChI is InChI=1S/C18H14O3/c1-20-15-9-7-13(8-10-15)11-16-12-17(18(19)21-16)14-5-3-2-4-6-14/h2-12H,1H3/b16-11-. The van der Waals surface area contributed by atoms with Crippen molar-refractivity contribution in [1.82, 2.24) is 0 Å². The van der Waals surface area contributed by atoms with Gasteiger partial charge in [0.05, 0.1) is 12.7 Å². The third-order valence-electron chi connectivity index (χ3n) is 3.23. The van der Waals surface area contributed by atoms with Crippen LogP contribution in [0.5, 0.6) is 5.75 Å². The molecule has 1 aliphatic rings. The van der Waals surface area contributed by atoms with E-state index in [1.54, 1.807) is 13.2 Å². The number of rotatable bonds is 3. The molecule has 0 saturated carbocycles. The molecule has 0 aliphatic carbocycles. The Bertz CT molecular complexity index is 710. The number of cyclic esters (lactones) is 1. The minimum absolute atomic E-state index is 0.319. The number of ether oxygens (including phenoxy) is 2. The van der Waals surface area contributed by atoms with E-state index in [4.69, 9.17) is 9.47 Å². The van der Waals surface area contributed by atoms with Crippen LogP contribution in [0, 0.1) is 0 Å². The summed E-state index contributed by atoms with van der Waals surface area (Å²) in [6.45, 7) is 0. The maximum absolute atomic E-state index is 11.9. The fraction of sp³-hybridized carbons (Fsp3) is 0.0556. The summed E-state index contributed by atoms with van der Waals surface area (Å²) in [7, 11) is 1.63. The molecule has 0 atom stereocenters. The highest BCUT2D eigenvalue weighted by atomic mass is 16.5. The lowest BCUT2D eigenvalue weighted by molar-refractivity contribution is -0.131. The Morgan fingerprint density at radius 2 is 1.71 bits per heavy atom. The topological polar surface area (TPSA) is 35.5 Å². The Balaban J connectivity index is 1.88. The Hall–Kier alpha value is -2.81. The second kappa shape index (κ2) is 5.67. The molecule has 2 aromatic rings. The first-order chi connectivity index (χ1) is 10.3. The van der Waals surface area contributed by atoms with E-state index in [1.807, 2.05) is 60.7 Å².